The number of nitriles is 1. The molecule has 0 unspecified atom stereocenters. The van der Waals surface area contributed by atoms with Crippen LogP contribution in [0, 0.1) is 17.1 Å². The van der Waals surface area contributed by atoms with Crippen molar-refractivity contribution in [3.05, 3.63) is 53.3 Å². The molecule has 3 rings (SSSR count). The van der Waals surface area contributed by atoms with Gasteiger partial charge in [0.05, 0.1) is 11.2 Å². The van der Waals surface area contributed by atoms with Crippen LogP contribution in [0.4, 0.5) is 10.1 Å². The van der Waals surface area contributed by atoms with Crippen molar-refractivity contribution in [2.75, 3.05) is 11.9 Å². The van der Waals surface area contributed by atoms with Crippen LogP contribution in [0.5, 0.6) is 0 Å². The zero-order valence-electron chi connectivity index (χ0n) is 12.8. The Kier molecular flexibility index (Phi) is 3.63. The Balaban J connectivity index is 2.10. The summed E-state index contributed by atoms with van der Waals surface area (Å²) in [5.41, 5.74) is 2.34. The molecule has 0 aliphatic carbocycles. The topological polar surface area (TPSA) is 62.1 Å². The van der Waals surface area contributed by atoms with Crippen LogP contribution in [0.25, 0.3) is 11.1 Å². The van der Waals surface area contributed by atoms with Gasteiger partial charge >= 0.3 is 0 Å². The molecule has 0 spiro atoms. The van der Waals surface area contributed by atoms with E-state index in [9.17, 15) is 9.18 Å². The van der Waals surface area contributed by atoms with Gasteiger partial charge < -0.3 is 10.1 Å². The summed E-state index contributed by atoms with van der Waals surface area (Å²) in [6.07, 6.45) is 0. The number of nitrogens with zero attached hydrogens (tertiary/aromatic N) is 1. The lowest BCUT2D eigenvalue weighted by Crippen LogP contribution is -2.22. The molecule has 1 aliphatic heterocycles. The molecule has 2 aromatic carbocycles. The standard InChI is InChI=1S/C18H15FN2O2/c1-18(2)14-7-11(5-6-16(14)21-17(22)10-23-18)12-3-4-13(9-20)15(19)8-12/h3-8H,10H2,1-2H3,(H,21,22). The average Bonchev–Trinajstić information content (AvgIpc) is 2.63. The molecule has 116 valence electrons. The molecule has 0 saturated carbocycles. The van der Waals surface area contributed by atoms with Gasteiger partial charge in [0.1, 0.15) is 18.5 Å². The highest BCUT2D eigenvalue weighted by Crippen LogP contribution is 2.36. The fourth-order valence-corrected chi connectivity index (χ4v) is 2.63. The van der Waals surface area contributed by atoms with Gasteiger partial charge in [-0.1, -0.05) is 12.1 Å². The van der Waals surface area contributed by atoms with Crippen molar-refractivity contribution in [2.24, 2.45) is 0 Å². The summed E-state index contributed by atoms with van der Waals surface area (Å²) in [6.45, 7) is 3.76. The van der Waals surface area contributed by atoms with E-state index >= 15 is 0 Å². The Labute approximate surface area is 133 Å². The normalized spacial score (nSPS) is 16.0. The predicted molar refractivity (Wildman–Crippen MR) is 84.2 cm³/mol. The molecule has 2 aromatic rings. The number of hydrogen-bond acceptors (Lipinski definition) is 3. The number of hydrogen-bond donors (Lipinski definition) is 1. The maximum atomic E-state index is 13.8. The van der Waals surface area contributed by atoms with Crippen molar-refractivity contribution in [2.45, 2.75) is 19.4 Å². The molecule has 0 fully saturated rings. The number of fused-ring (bicyclic) bond motifs is 1. The van der Waals surface area contributed by atoms with E-state index in [2.05, 4.69) is 5.32 Å². The molecule has 0 aromatic heterocycles. The first-order chi connectivity index (χ1) is 10.9. The van der Waals surface area contributed by atoms with Gasteiger partial charge in [0.2, 0.25) is 5.91 Å². The molecule has 4 nitrogen and oxygen atoms in total. The number of rotatable bonds is 1. The Morgan fingerprint density at radius 2 is 1.91 bits per heavy atom. The Hall–Kier alpha value is -2.71. The number of anilines is 1. The summed E-state index contributed by atoms with van der Waals surface area (Å²) in [5, 5.41) is 11.6. The molecule has 0 radical (unpaired) electrons. The first-order valence-electron chi connectivity index (χ1n) is 7.19. The lowest BCUT2D eigenvalue weighted by molar-refractivity contribution is -0.125. The van der Waals surface area contributed by atoms with E-state index in [-0.39, 0.29) is 18.1 Å². The maximum Gasteiger partial charge on any atom is 0.250 e. The van der Waals surface area contributed by atoms with E-state index in [0.717, 1.165) is 11.1 Å². The van der Waals surface area contributed by atoms with E-state index in [1.54, 1.807) is 18.2 Å². The van der Waals surface area contributed by atoms with Gasteiger partial charge in [-0.3, -0.25) is 4.79 Å². The van der Waals surface area contributed by atoms with Crippen molar-refractivity contribution in [1.29, 1.82) is 5.26 Å². The van der Waals surface area contributed by atoms with Crippen LogP contribution >= 0.6 is 0 Å². The van der Waals surface area contributed by atoms with Crippen molar-refractivity contribution in [3.8, 4) is 17.2 Å². The van der Waals surface area contributed by atoms with E-state index in [1.165, 1.54) is 12.1 Å². The summed E-state index contributed by atoms with van der Waals surface area (Å²) in [6, 6.07) is 11.8. The molecular weight excluding hydrogens is 295 g/mol. The van der Waals surface area contributed by atoms with Gasteiger partial charge in [-0.2, -0.15) is 5.26 Å². The zero-order chi connectivity index (χ0) is 16.6. The third-order valence-corrected chi connectivity index (χ3v) is 3.93. The van der Waals surface area contributed by atoms with Gasteiger partial charge in [-0.15, -0.1) is 0 Å². The highest BCUT2D eigenvalue weighted by molar-refractivity contribution is 5.93. The second-order valence-corrected chi connectivity index (χ2v) is 5.91. The first kappa shape index (κ1) is 15.2. The molecule has 1 N–H and O–H groups in total. The molecular formula is C18H15FN2O2. The van der Waals surface area contributed by atoms with Crippen molar-refractivity contribution in [1.82, 2.24) is 0 Å². The van der Waals surface area contributed by atoms with Gasteiger partial charge in [0.15, 0.2) is 0 Å². The summed E-state index contributed by atoms with van der Waals surface area (Å²) in [4.78, 5) is 11.7. The number of carbonyl (C=O) groups excluding carboxylic acids is 1. The maximum absolute atomic E-state index is 13.8. The molecule has 0 atom stereocenters. The number of nitrogens with one attached hydrogen (secondary N) is 1. The monoisotopic (exact) mass is 310 g/mol. The summed E-state index contributed by atoms with van der Waals surface area (Å²) in [5.74, 6) is -0.752. The minimum Gasteiger partial charge on any atom is -0.361 e. The Morgan fingerprint density at radius 3 is 2.61 bits per heavy atom. The Bertz CT molecular complexity index is 837. The Morgan fingerprint density at radius 1 is 1.22 bits per heavy atom. The van der Waals surface area contributed by atoms with Crippen molar-refractivity contribution in [3.63, 3.8) is 0 Å². The summed E-state index contributed by atoms with van der Waals surface area (Å²) >= 11 is 0. The van der Waals surface area contributed by atoms with Crippen LogP contribution in [0.15, 0.2) is 36.4 Å². The van der Waals surface area contributed by atoms with E-state index in [4.69, 9.17) is 10.00 Å². The minimum absolute atomic E-state index is 0.0114. The van der Waals surface area contributed by atoms with Gasteiger partial charge in [0, 0.05) is 11.3 Å². The zero-order valence-corrected chi connectivity index (χ0v) is 12.8. The molecule has 1 amide bonds. The number of benzene rings is 2. The SMILES string of the molecule is CC1(C)OCC(=O)Nc2ccc(-c3ccc(C#N)c(F)c3)cc21. The smallest absolute Gasteiger partial charge is 0.250 e. The summed E-state index contributed by atoms with van der Waals surface area (Å²) in [7, 11) is 0. The fourth-order valence-electron chi connectivity index (χ4n) is 2.63. The third kappa shape index (κ3) is 2.81. The molecule has 5 heteroatoms. The second-order valence-electron chi connectivity index (χ2n) is 5.91. The second kappa shape index (κ2) is 5.49. The van der Waals surface area contributed by atoms with Crippen LogP contribution in [-0.2, 0) is 15.1 Å². The fraction of sp³-hybridized carbons (Fsp3) is 0.222. The minimum atomic E-state index is -0.643. The van der Waals surface area contributed by atoms with Crippen LogP contribution in [0.1, 0.15) is 25.0 Å². The molecule has 1 aliphatic rings. The molecule has 0 saturated heterocycles. The van der Waals surface area contributed by atoms with Crippen LogP contribution < -0.4 is 5.32 Å². The highest BCUT2D eigenvalue weighted by Gasteiger charge is 2.29. The number of amides is 1. The average molecular weight is 310 g/mol. The number of carbonyl (C=O) groups is 1. The van der Waals surface area contributed by atoms with Gasteiger partial charge in [-0.05, 0) is 49.2 Å². The van der Waals surface area contributed by atoms with Crippen LogP contribution in [0.2, 0.25) is 0 Å². The van der Waals surface area contributed by atoms with Crippen molar-refractivity contribution >= 4 is 11.6 Å². The van der Waals surface area contributed by atoms with E-state index in [1.807, 2.05) is 26.0 Å². The molecule has 0 bridgehead atoms. The van der Waals surface area contributed by atoms with E-state index < -0.39 is 11.4 Å². The van der Waals surface area contributed by atoms with Gasteiger partial charge in [0.25, 0.3) is 0 Å². The first-order valence-corrected chi connectivity index (χ1v) is 7.19. The quantitative estimate of drug-likeness (QED) is 0.876. The highest BCUT2D eigenvalue weighted by atomic mass is 19.1. The molecule has 23 heavy (non-hydrogen) atoms. The van der Waals surface area contributed by atoms with Gasteiger partial charge in [-0.25, -0.2) is 4.39 Å². The predicted octanol–water partition coefficient (Wildman–Crippen LogP) is 3.57. The lowest BCUT2D eigenvalue weighted by atomic mass is 9.92. The van der Waals surface area contributed by atoms with Crippen LogP contribution in [-0.4, -0.2) is 12.5 Å². The van der Waals surface area contributed by atoms with Crippen molar-refractivity contribution < 1.29 is 13.9 Å². The largest absolute Gasteiger partial charge is 0.361 e. The third-order valence-electron chi connectivity index (χ3n) is 3.93. The number of ether oxygens (including phenoxy) is 1. The van der Waals surface area contributed by atoms with E-state index in [0.29, 0.717) is 11.3 Å². The number of halogens is 1. The van der Waals surface area contributed by atoms with Crippen LogP contribution in [0.3, 0.4) is 0 Å². The molecule has 1 heterocycles. The lowest BCUT2D eigenvalue weighted by Gasteiger charge is -2.25. The summed E-state index contributed by atoms with van der Waals surface area (Å²) < 4.78 is 19.5.